The van der Waals surface area contributed by atoms with Crippen LogP contribution in [0.3, 0.4) is 0 Å². The van der Waals surface area contributed by atoms with E-state index >= 15 is 0 Å². The van der Waals surface area contributed by atoms with Crippen LogP contribution in [0, 0.1) is 0 Å². The summed E-state index contributed by atoms with van der Waals surface area (Å²) in [6.45, 7) is 1.90. The van der Waals surface area contributed by atoms with Crippen molar-refractivity contribution >= 4 is 11.4 Å². The topological polar surface area (TPSA) is 26.7 Å². The highest BCUT2D eigenvalue weighted by molar-refractivity contribution is 5.76. The smallest absolute Gasteiger partial charge is 0.0904 e. The van der Waals surface area contributed by atoms with Crippen molar-refractivity contribution < 1.29 is 5.11 Å². The maximum Gasteiger partial charge on any atom is 0.0904 e. The van der Waals surface area contributed by atoms with Crippen LogP contribution in [0.4, 0.5) is 11.4 Å². The van der Waals surface area contributed by atoms with Crippen molar-refractivity contribution in [3.05, 3.63) is 59.7 Å². The number of anilines is 2. The van der Waals surface area contributed by atoms with E-state index in [1.807, 2.05) is 12.1 Å². The average Bonchev–Trinajstić information content (AvgIpc) is 2.76. The Kier molecular flexibility index (Phi) is 3.13. The first-order valence-corrected chi connectivity index (χ1v) is 6.52. The number of aliphatic hydroxyl groups is 1. The van der Waals surface area contributed by atoms with Gasteiger partial charge in [0.15, 0.2) is 0 Å². The molecule has 0 atom stereocenters. The van der Waals surface area contributed by atoms with Crippen molar-refractivity contribution in [3.8, 4) is 0 Å². The molecule has 3 nitrogen and oxygen atoms in total. The van der Waals surface area contributed by atoms with Crippen molar-refractivity contribution in [1.82, 2.24) is 0 Å². The number of hydrogen-bond donors (Lipinski definition) is 1. The quantitative estimate of drug-likeness (QED) is 0.912. The third-order valence-electron chi connectivity index (χ3n) is 3.57. The van der Waals surface area contributed by atoms with Gasteiger partial charge in [-0.3, -0.25) is 0 Å². The van der Waals surface area contributed by atoms with Gasteiger partial charge < -0.3 is 14.9 Å². The molecule has 0 bridgehead atoms. The van der Waals surface area contributed by atoms with Crippen molar-refractivity contribution in [2.45, 2.75) is 13.2 Å². The lowest BCUT2D eigenvalue weighted by atomic mass is 10.1. The third-order valence-corrected chi connectivity index (χ3v) is 3.57. The predicted octanol–water partition coefficient (Wildman–Crippen LogP) is 2.59. The molecule has 19 heavy (non-hydrogen) atoms. The van der Waals surface area contributed by atoms with Crippen LogP contribution in [-0.2, 0) is 13.2 Å². The number of rotatable bonds is 3. The normalized spacial score (nSPS) is 13.8. The summed E-state index contributed by atoms with van der Waals surface area (Å²) in [4.78, 5) is 4.57. The Labute approximate surface area is 113 Å². The van der Waals surface area contributed by atoms with E-state index in [1.165, 1.54) is 16.9 Å². The third kappa shape index (κ3) is 2.29. The largest absolute Gasteiger partial charge is 0.392 e. The van der Waals surface area contributed by atoms with Gasteiger partial charge in [0, 0.05) is 13.6 Å². The molecule has 0 saturated carbocycles. The van der Waals surface area contributed by atoms with Gasteiger partial charge in [0.05, 0.1) is 24.7 Å². The first kappa shape index (κ1) is 12.1. The summed E-state index contributed by atoms with van der Waals surface area (Å²) in [6.07, 6.45) is 0. The van der Waals surface area contributed by atoms with Crippen molar-refractivity contribution in [1.29, 1.82) is 0 Å². The molecule has 0 spiro atoms. The van der Waals surface area contributed by atoms with Gasteiger partial charge in [0.25, 0.3) is 0 Å². The number of aliphatic hydroxyl groups excluding tert-OH is 1. The molecule has 0 aromatic heterocycles. The van der Waals surface area contributed by atoms with E-state index in [1.54, 1.807) is 0 Å². The van der Waals surface area contributed by atoms with Crippen molar-refractivity contribution in [3.63, 3.8) is 0 Å². The number of benzene rings is 2. The zero-order valence-electron chi connectivity index (χ0n) is 11.1. The Morgan fingerprint density at radius 3 is 2.53 bits per heavy atom. The van der Waals surface area contributed by atoms with Gasteiger partial charge in [-0.25, -0.2) is 0 Å². The summed E-state index contributed by atoms with van der Waals surface area (Å²) in [7, 11) is 2.09. The van der Waals surface area contributed by atoms with Crippen molar-refractivity contribution in [2.75, 3.05) is 23.5 Å². The minimum atomic E-state index is 0.0970. The molecule has 2 aromatic carbocycles. The molecule has 0 amide bonds. The molecule has 0 saturated heterocycles. The minimum absolute atomic E-state index is 0.0970. The van der Waals surface area contributed by atoms with Crippen molar-refractivity contribution in [2.24, 2.45) is 0 Å². The summed E-state index contributed by atoms with van der Waals surface area (Å²) in [5, 5.41) is 9.22. The number of nitrogens with zero attached hydrogens (tertiary/aromatic N) is 2. The first-order valence-electron chi connectivity index (χ1n) is 6.52. The second kappa shape index (κ2) is 4.94. The van der Waals surface area contributed by atoms with Crippen LogP contribution in [0.2, 0.25) is 0 Å². The van der Waals surface area contributed by atoms with Gasteiger partial charge >= 0.3 is 0 Å². The predicted molar refractivity (Wildman–Crippen MR) is 78.3 cm³/mol. The Hall–Kier alpha value is -2.00. The molecule has 0 unspecified atom stereocenters. The second-order valence-corrected chi connectivity index (χ2v) is 5.00. The number of hydrogen-bond acceptors (Lipinski definition) is 3. The summed E-state index contributed by atoms with van der Waals surface area (Å²) in [5.41, 5.74) is 4.72. The second-order valence-electron chi connectivity index (χ2n) is 5.00. The van der Waals surface area contributed by atoms with E-state index in [0.29, 0.717) is 0 Å². The monoisotopic (exact) mass is 254 g/mol. The molecule has 0 aliphatic carbocycles. The van der Waals surface area contributed by atoms with E-state index in [4.69, 9.17) is 0 Å². The summed E-state index contributed by atoms with van der Waals surface area (Å²) in [6, 6.07) is 16.7. The Morgan fingerprint density at radius 2 is 1.79 bits per heavy atom. The molecule has 2 aromatic rings. The lowest BCUT2D eigenvalue weighted by Crippen LogP contribution is -2.27. The fourth-order valence-electron chi connectivity index (χ4n) is 2.59. The molecule has 3 rings (SSSR count). The molecular weight excluding hydrogens is 236 g/mol. The molecule has 0 fully saturated rings. The van der Waals surface area contributed by atoms with Crippen LogP contribution in [0.15, 0.2) is 48.5 Å². The van der Waals surface area contributed by atoms with E-state index in [-0.39, 0.29) is 6.61 Å². The van der Waals surface area contributed by atoms with Gasteiger partial charge in [-0.15, -0.1) is 0 Å². The zero-order valence-corrected chi connectivity index (χ0v) is 11.1. The van der Waals surface area contributed by atoms with Crippen LogP contribution in [0.25, 0.3) is 0 Å². The summed E-state index contributed by atoms with van der Waals surface area (Å²) in [5.74, 6) is 0. The molecule has 1 aliphatic heterocycles. The van der Waals surface area contributed by atoms with Gasteiger partial charge in [0.2, 0.25) is 0 Å². The molecule has 1 heterocycles. The average molecular weight is 254 g/mol. The maximum atomic E-state index is 9.22. The SMILES string of the molecule is CN1CN(Cc2ccccc2)c2ccc(CO)cc21. The highest BCUT2D eigenvalue weighted by atomic mass is 16.3. The molecule has 98 valence electrons. The summed E-state index contributed by atoms with van der Waals surface area (Å²) < 4.78 is 0. The first-order chi connectivity index (χ1) is 9.28. The standard InChI is InChI=1S/C16H18N2O/c1-17-12-18(10-13-5-3-2-4-6-13)15-8-7-14(11-19)9-16(15)17/h2-9,19H,10-12H2,1H3. The fraction of sp³-hybridized carbons (Fsp3) is 0.250. The Bertz CT molecular complexity index is 568. The lowest BCUT2D eigenvalue weighted by molar-refractivity contribution is 0.282. The molecular formula is C16H18N2O. The lowest BCUT2D eigenvalue weighted by Gasteiger charge is -2.19. The molecule has 0 radical (unpaired) electrons. The van der Waals surface area contributed by atoms with E-state index in [9.17, 15) is 5.11 Å². The van der Waals surface area contributed by atoms with Crippen LogP contribution in [0.1, 0.15) is 11.1 Å². The molecule has 1 N–H and O–H groups in total. The van der Waals surface area contributed by atoms with Crippen LogP contribution in [-0.4, -0.2) is 18.8 Å². The van der Waals surface area contributed by atoms with E-state index in [0.717, 1.165) is 18.8 Å². The highest BCUT2D eigenvalue weighted by Gasteiger charge is 2.23. The highest BCUT2D eigenvalue weighted by Crippen LogP contribution is 2.36. The van der Waals surface area contributed by atoms with E-state index in [2.05, 4.69) is 53.2 Å². The van der Waals surface area contributed by atoms with Gasteiger partial charge in [-0.1, -0.05) is 36.4 Å². The molecule has 3 heteroatoms. The van der Waals surface area contributed by atoms with Crippen LogP contribution >= 0.6 is 0 Å². The minimum Gasteiger partial charge on any atom is -0.392 e. The Morgan fingerprint density at radius 1 is 1.00 bits per heavy atom. The summed E-state index contributed by atoms with van der Waals surface area (Å²) >= 11 is 0. The fourth-order valence-corrected chi connectivity index (χ4v) is 2.59. The van der Waals surface area contributed by atoms with E-state index < -0.39 is 0 Å². The van der Waals surface area contributed by atoms with Crippen LogP contribution < -0.4 is 9.80 Å². The molecule has 1 aliphatic rings. The zero-order chi connectivity index (χ0) is 13.2. The van der Waals surface area contributed by atoms with Gasteiger partial charge in [-0.2, -0.15) is 0 Å². The van der Waals surface area contributed by atoms with Gasteiger partial charge in [-0.05, 0) is 23.3 Å². The number of fused-ring (bicyclic) bond motifs is 1. The van der Waals surface area contributed by atoms with Gasteiger partial charge in [0.1, 0.15) is 0 Å². The maximum absolute atomic E-state index is 9.22. The Balaban J connectivity index is 1.88. The van der Waals surface area contributed by atoms with Crippen LogP contribution in [0.5, 0.6) is 0 Å².